The van der Waals surface area contributed by atoms with Crippen LogP contribution in [0.5, 0.6) is 0 Å². The summed E-state index contributed by atoms with van der Waals surface area (Å²) in [6.45, 7) is 0. The molecule has 8 heteroatoms. The maximum absolute atomic E-state index is 12.2. The highest BCUT2D eigenvalue weighted by atomic mass is 35.7. The van der Waals surface area contributed by atoms with Crippen LogP contribution in [0.15, 0.2) is 4.90 Å². The predicted octanol–water partition coefficient (Wildman–Crippen LogP) is 2.70. The van der Waals surface area contributed by atoms with Crippen molar-refractivity contribution in [3.63, 3.8) is 0 Å². The lowest BCUT2D eigenvalue weighted by Crippen LogP contribution is -2.22. The molecule has 2 aliphatic carbocycles. The van der Waals surface area contributed by atoms with Crippen LogP contribution >= 0.6 is 10.7 Å². The molecule has 1 N–H and O–H groups in total. The number of halogens is 1. The molecule has 0 unspecified atom stereocenters. The monoisotopic (exact) mass is 332 g/mol. The molecular weight excluding hydrogens is 316 g/mol. The van der Waals surface area contributed by atoms with Gasteiger partial charge in [0.1, 0.15) is 11.0 Å². The molecule has 0 atom stereocenters. The van der Waals surface area contributed by atoms with Crippen molar-refractivity contribution < 1.29 is 17.9 Å². The fourth-order valence-electron chi connectivity index (χ4n) is 2.77. The molecule has 0 bridgehead atoms. The van der Waals surface area contributed by atoms with Gasteiger partial charge in [0, 0.05) is 16.6 Å². The van der Waals surface area contributed by atoms with Crippen LogP contribution in [0, 0.1) is 0 Å². The van der Waals surface area contributed by atoms with Gasteiger partial charge in [0.05, 0.1) is 5.69 Å². The van der Waals surface area contributed by atoms with Crippen molar-refractivity contribution in [3.8, 4) is 0 Å². The molecule has 116 valence electrons. The van der Waals surface area contributed by atoms with Crippen molar-refractivity contribution in [2.75, 3.05) is 0 Å². The number of nitrogens with zero attached hydrogens (tertiary/aromatic N) is 1. The van der Waals surface area contributed by atoms with Gasteiger partial charge >= 0.3 is 5.97 Å². The van der Waals surface area contributed by atoms with Crippen molar-refractivity contribution in [2.24, 2.45) is 0 Å². The molecule has 6 nitrogen and oxygen atoms in total. The highest BCUT2D eigenvalue weighted by Crippen LogP contribution is 2.43. The van der Waals surface area contributed by atoms with E-state index in [1.54, 1.807) is 0 Å². The van der Waals surface area contributed by atoms with Gasteiger partial charge in [-0.25, -0.2) is 13.2 Å². The second-order valence-corrected chi connectivity index (χ2v) is 8.20. The molecule has 3 rings (SSSR count). The van der Waals surface area contributed by atoms with E-state index in [2.05, 4.69) is 10.2 Å². The number of nitrogens with one attached hydrogen (secondary N) is 1. The molecule has 21 heavy (non-hydrogen) atoms. The van der Waals surface area contributed by atoms with Crippen molar-refractivity contribution in [1.29, 1.82) is 0 Å². The molecule has 0 amide bonds. The van der Waals surface area contributed by atoms with Gasteiger partial charge < -0.3 is 4.74 Å². The standard InChI is InChI=1S/C13H17ClN2O4S/c14-21(18,19)12-10(8-6-7-8)15-16-11(12)13(17)20-9-4-2-1-3-5-9/h8-9H,1-7H2,(H,15,16). The first kappa shape index (κ1) is 14.8. The quantitative estimate of drug-likeness (QED) is 0.676. The van der Waals surface area contributed by atoms with Gasteiger partial charge in [-0.1, -0.05) is 6.42 Å². The number of rotatable bonds is 4. The number of aromatic nitrogens is 2. The lowest BCUT2D eigenvalue weighted by Gasteiger charge is -2.21. The Labute approximate surface area is 127 Å². The maximum Gasteiger partial charge on any atom is 0.360 e. The van der Waals surface area contributed by atoms with E-state index in [-0.39, 0.29) is 22.6 Å². The van der Waals surface area contributed by atoms with E-state index in [0.717, 1.165) is 44.9 Å². The van der Waals surface area contributed by atoms with Gasteiger partial charge in [0.2, 0.25) is 0 Å². The summed E-state index contributed by atoms with van der Waals surface area (Å²) >= 11 is 0. The largest absolute Gasteiger partial charge is 0.458 e. The Kier molecular flexibility index (Phi) is 3.96. The average Bonchev–Trinajstić information content (AvgIpc) is 3.16. The third-order valence-corrected chi connectivity index (χ3v) is 5.36. The van der Waals surface area contributed by atoms with Crippen LogP contribution < -0.4 is 0 Å². The van der Waals surface area contributed by atoms with E-state index in [1.807, 2.05) is 0 Å². The summed E-state index contributed by atoms with van der Waals surface area (Å²) in [5.74, 6) is -0.610. The molecule has 0 spiro atoms. The van der Waals surface area contributed by atoms with E-state index in [4.69, 9.17) is 15.4 Å². The zero-order chi connectivity index (χ0) is 15.0. The Balaban J connectivity index is 1.85. The third kappa shape index (κ3) is 3.23. The molecule has 0 aliphatic heterocycles. The Morgan fingerprint density at radius 3 is 2.43 bits per heavy atom. The molecular formula is C13H17ClN2O4S. The number of hydrogen-bond acceptors (Lipinski definition) is 5. The van der Waals surface area contributed by atoms with Crippen molar-refractivity contribution in [1.82, 2.24) is 10.2 Å². The Morgan fingerprint density at radius 2 is 1.86 bits per heavy atom. The van der Waals surface area contributed by atoms with Crippen LogP contribution in [-0.2, 0) is 13.8 Å². The molecule has 0 radical (unpaired) electrons. The Bertz CT molecular complexity index is 645. The lowest BCUT2D eigenvalue weighted by atomic mass is 9.98. The van der Waals surface area contributed by atoms with Gasteiger partial charge in [0.15, 0.2) is 5.69 Å². The highest BCUT2D eigenvalue weighted by Gasteiger charge is 2.37. The van der Waals surface area contributed by atoms with E-state index >= 15 is 0 Å². The fraction of sp³-hybridized carbons (Fsp3) is 0.692. The zero-order valence-electron chi connectivity index (χ0n) is 11.5. The smallest absolute Gasteiger partial charge is 0.360 e. The van der Waals surface area contributed by atoms with Gasteiger partial charge in [-0.15, -0.1) is 0 Å². The summed E-state index contributed by atoms with van der Waals surface area (Å²) < 4.78 is 28.9. The summed E-state index contributed by atoms with van der Waals surface area (Å²) in [6.07, 6.45) is 6.40. The molecule has 2 aliphatic rings. The topological polar surface area (TPSA) is 89.1 Å². The Hall–Kier alpha value is -1.08. The van der Waals surface area contributed by atoms with Crippen LogP contribution in [-0.4, -0.2) is 30.7 Å². The SMILES string of the molecule is O=C(OC1CCCCC1)c1n[nH]c(C2CC2)c1S(=O)(=O)Cl. The molecule has 2 fully saturated rings. The van der Waals surface area contributed by atoms with Crippen LogP contribution in [0.3, 0.4) is 0 Å². The van der Waals surface area contributed by atoms with Crippen molar-refractivity contribution >= 4 is 25.7 Å². The minimum absolute atomic E-state index is 0.0947. The number of carbonyl (C=O) groups excluding carboxylic acids is 1. The van der Waals surface area contributed by atoms with Crippen molar-refractivity contribution in [3.05, 3.63) is 11.4 Å². The minimum atomic E-state index is -4.03. The van der Waals surface area contributed by atoms with Gasteiger partial charge in [0.25, 0.3) is 9.05 Å². The van der Waals surface area contributed by atoms with Crippen LogP contribution in [0.1, 0.15) is 67.0 Å². The number of H-pyrrole nitrogens is 1. The molecule has 1 heterocycles. The molecule has 0 aromatic carbocycles. The molecule has 1 aromatic heterocycles. The van der Waals surface area contributed by atoms with Gasteiger partial charge in [-0.2, -0.15) is 5.10 Å². The first-order chi connectivity index (χ1) is 9.97. The van der Waals surface area contributed by atoms with Crippen LogP contribution in [0.2, 0.25) is 0 Å². The lowest BCUT2D eigenvalue weighted by molar-refractivity contribution is 0.0200. The molecule has 1 aromatic rings. The van der Waals surface area contributed by atoms with Gasteiger partial charge in [-0.05, 0) is 38.5 Å². The first-order valence-corrected chi connectivity index (χ1v) is 9.51. The van der Waals surface area contributed by atoms with Crippen molar-refractivity contribution in [2.45, 2.75) is 61.9 Å². The second kappa shape index (κ2) is 5.61. The average molecular weight is 333 g/mol. The summed E-state index contributed by atoms with van der Waals surface area (Å²) in [6, 6.07) is 0. The van der Waals surface area contributed by atoms with E-state index in [0.29, 0.717) is 5.69 Å². The van der Waals surface area contributed by atoms with Crippen LogP contribution in [0.25, 0.3) is 0 Å². The van der Waals surface area contributed by atoms with E-state index < -0.39 is 15.0 Å². The number of hydrogen-bond donors (Lipinski definition) is 1. The third-order valence-electron chi connectivity index (χ3n) is 4.00. The second-order valence-electron chi connectivity index (χ2n) is 5.69. The summed E-state index contributed by atoms with van der Waals surface area (Å²) in [5, 5.41) is 6.49. The van der Waals surface area contributed by atoms with Crippen LogP contribution in [0.4, 0.5) is 0 Å². The maximum atomic E-state index is 12.2. The summed E-state index contributed by atoms with van der Waals surface area (Å²) in [4.78, 5) is 12.0. The predicted molar refractivity (Wildman–Crippen MR) is 75.9 cm³/mol. The van der Waals surface area contributed by atoms with E-state index in [1.165, 1.54) is 0 Å². The highest BCUT2D eigenvalue weighted by molar-refractivity contribution is 8.13. The van der Waals surface area contributed by atoms with E-state index in [9.17, 15) is 13.2 Å². The molecule has 0 saturated heterocycles. The normalized spacial score (nSPS) is 20.4. The summed E-state index contributed by atoms with van der Waals surface area (Å²) in [7, 11) is 1.44. The Morgan fingerprint density at radius 1 is 1.19 bits per heavy atom. The number of ether oxygens (including phenoxy) is 1. The number of esters is 1. The minimum Gasteiger partial charge on any atom is -0.458 e. The number of aromatic amines is 1. The first-order valence-electron chi connectivity index (χ1n) is 7.20. The zero-order valence-corrected chi connectivity index (χ0v) is 13.0. The number of carbonyl (C=O) groups is 1. The summed E-state index contributed by atoms with van der Waals surface area (Å²) in [5.41, 5.74) is 0.220. The molecule has 2 saturated carbocycles. The van der Waals surface area contributed by atoms with Gasteiger partial charge in [-0.3, -0.25) is 5.10 Å². The fourth-order valence-corrected chi connectivity index (χ4v) is 4.07.